The van der Waals surface area contributed by atoms with Gasteiger partial charge in [0.25, 0.3) is 0 Å². The van der Waals surface area contributed by atoms with Gasteiger partial charge in [0, 0.05) is 0 Å². The van der Waals surface area contributed by atoms with Crippen molar-refractivity contribution in [1.82, 2.24) is 0 Å². The number of rotatable bonds is 4. The molecule has 0 aliphatic rings. The Morgan fingerprint density at radius 3 is 1.39 bits per heavy atom. The van der Waals surface area contributed by atoms with Gasteiger partial charge in [-0.2, -0.15) is 17.6 Å². The van der Waals surface area contributed by atoms with E-state index in [2.05, 4.69) is 4.74 Å². The van der Waals surface area contributed by atoms with Crippen molar-refractivity contribution in [2.45, 2.75) is 26.1 Å². The van der Waals surface area contributed by atoms with Crippen LogP contribution in [-0.2, 0) is 17.0 Å². The van der Waals surface area contributed by atoms with E-state index in [4.69, 9.17) is 0 Å². The Balaban J connectivity index is 2.42. The molecule has 0 aromatic heterocycles. The topological polar surface area (TPSA) is 9.23 Å². The SMILES string of the molecule is Cc1c(F)cccc1C(F)(F)OC(F)(F)c1cccc(F)c1C. The van der Waals surface area contributed by atoms with Crippen LogP contribution in [0.4, 0.5) is 26.3 Å². The van der Waals surface area contributed by atoms with Gasteiger partial charge in [-0.3, -0.25) is 0 Å². The highest BCUT2D eigenvalue weighted by molar-refractivity contribution is 5.32. The summed E-state index contributed by atoms with van der Waals surface area (Å²) in [5.41, 5.74) is -3.06. The van der Waals surface area contributed by atoms with E-state index in [-0.39, 0.29) is 0 Å². The summed E-state index contributed by atoms with van der Waals surface area (Å²) in [5.74, 6) is -1.95. The van der Waals surface area contributed by atoms with E-state index in [0.717, 1.165) is 50.2 Å². The molecule has 0 fully saturated rings. The molecule has 0 radical (unpaired) electrons. The third kappa shape index (κ3) is 3.34. The lowest BCUT2D eigenvalue weighted by Gasteiger charge is -2.26. The number of benzene rings is 2. The molecule has 0 bridgehead atoms. The Labute approximate surface area is 128 Å². The van der Waals surface area contributed by atoms with Crippen molar-refractivity contribution in [2.75, 3.05) is 0 Å². The molecule has 0 aliphatic carbocycles. The van der Waals surface area contributed by atoms with Gasteiger partial charge in [-0.05, 0) is 49.2 Å². The molecule has 1 nitrogen and oxygen atoms in total. The minimum atomic E-state index is -4.46. The summed E-state index contributed by atoms with van der Waals surface area (Å²) in [6.45, 7) is 2.04. The van der Waals surface area contributed by atoms with E-state index >= 15 is 0 Å². The van der Waals surface area contributed by atoms with Gasteiger partial charge in [0.1, 0.15) is 11.6 Å². The number of ether oxygens (including phenoxy) is 1. The molecule has 124 valence electrons. The Bertz CT molecular complexity index is 665. The third-order valence-electron chi connectivity index (χ3n) is 3.42. The van der Waals surface area contributed by atoms with Crippen LogP contribution in [0.3, 0.4) is 0 Å². The fourth-order valence-electron chi connectivity index (χ4n) is 2.12. The van der Waals surface area contributed by atoms with Crippen molar-refractivity contribution in [2.24, 2.45) is 0 Å². The molecular formula is C16H12F6O. The van der Waals surface area contributed by atoms with Crippen LogP contribution in [0.2, 0.25) is 0 Å². The maximum atomic E-state index is 14.0. The zero-order valence-corrected chi connectivity index (χ0v) is 12.1. The first-order valence-electron chi connectivity index (χ1n) is 6.53. The molecule has 0 heterocycles. The van der Waals surface area contributed by atoms with Crippen molar-refractivity contribution < 1.29 is 31.1 Å². The molecule has 23 heavy (non-hydrogen) atoms. The van der Waals surface area contributed by atoms with Gasteiger partial charge in [-0.1, -0.05) is 12.1 Å². The fourth-order valence-corrected chi connectivity index (χ4v) is 2.12. The standard InChI is InChI=1S/C16H12F6O/c1-9-11(5-3-7-13(9)17)15(19,20)23-16(21,22)12-6-4-8-14(18)10(12)2/h3-8H,1-2H3. The summed E-state index contributed by atoms with van der Waals surface area (Å²) >= 11 is 0. The molecule has 2 aromatic carbocycles. The molecule has 0 amide bonds. The zero-order chi connectivity index (χ0) is 17.4. The predicted molar refractivity (Wildman–Crippen MR) is 71.1 cm³/mol. The number of alkyl halides is 4. The van der Waals surface area contributed by atoms with Gasteiger partial charge < -0.3 is 0 Å². The van der Waals surface area contributed by atoms with Gasteiger partial charge in [-0.15, -0.1) is 0 Å². The summed E-state index contributed by atoms with van der Waals surface area (Å²) in [6, 6.07) is 5.33. The second-order valence-electron chi connectivity index (χ2n) is 4.96. The molecular weight excluding hydrogens is 322 g/mol. The number of hydrogen-bond donors (Lipinski definition) is 0. The van der Waals surface area contributed by atoms with Gasteiger partial charge in [0.15, 0.2) is 0 Å². The van der Waals surface area contributed by atoms with Gasteiger partial charge in [0.2, 0.25) is 0 Å². The molecule has 0 spiro atoms. The van der Waals surface area contributed by atoms with E-state index in [1.165, 1.54) is 0 Å². The predicted octanol–water partition coefficient (Wildman–Crippen LogP) is 5.40. The van der Waals surface area contributed by atoms with Crippen LogP contribution in [0.1, 0.15) is 22.3 Å². The quantitative estimate of drug-likeness (QED) is 0.681. The first kappa shape index (κ1) is 17.3. The molecule has 0 saturated heterocycles. The van der Waals surface area contributed by atoms with E-state index < -0.39 is 46.1 Å². The monoisotopic (exact) mass is 334 g/mol. The van der Waals surface area contributed by atoms with Crippen LogP contribution in [0, 0.1) is 25.5 Å². The zero-order valence-electron chi connectivity index (χ0n) is 12.1. The highest BCUT2D eigenvalue weighted by atomic mass is 19.3. The molecule has 0 N–H and O–H groups in total. The number of halogens is 6. The van der Waals surface area contributed by atoms with Crippen LogP contribution in [0.15, 0.2) is 36.4 Å². The summed E-state index contributed by atoms with van der Waals surface area (Å²) in [7, 11) is 0. The third-order valence-corrected chi connectivity index (χ3v) is 3.42. The van der Waals surface area contributed by atoms with Crippen LogP contribution in [0.25, 0.3) is 0 Å². The lowest BCUT2D eigenvalue weighted by atomic mass is 10.1. The van der Waals surface area contributed by atoms with Crippen molar-refractivity contribution in [3.63, 3.8) is 0 Å². The minimum Gasteiger partial charge on any atom is -0.247 e. The van der Waals surface area contributed by atoms with Crippen LogP contribution < -0.4 is 0 Å². The molecule has 0 saturated carbocycles. The van der Waals surface area contributed by atoms with Crippen LogP contribution in [0.5, 0.6) is 0 Å². The lowest BCUT2D eigenvalue weighted by molar-refractivity contribution is -0.391. The summed E-state index contributed by atoms with van der Waals surface area (Å²) in [4.78, 5) is 0. The van der Waals surface area contributed by atoms with Crippen molar-refractivity contribution in [1.29, 1.82) is 0 Å². The Hall–Kier alpha value is -2.02. The molecule has 7 heteroatoms. The lowest BCUT2D eigenvalue weighted by Crippen LogP contribution is -2.31. The molecule has 0 unspecified atom stereocenters. The van der Waals surface area contributed by atoms with E-state index in [1.54, 1.807) is 0 Å². The Kier molecular flexibility index (Phi) is 4.43. The average Bonchev–Trinajstić information content (AvgIpc) is 2.43. The summed E-state index contributed by atoms with van der Waals surface area (Å²) < 4.78 is 86.6. The largest absolute Gasteiger partial charge is 0.388 e. The van der Waals surface area contributed by atoms with E-state index in [1.807, 2.05) is 0 Å². The summed E-state index contributed by atoms with van der Waals surface area (Å²) in [5, 5.41) is 0. The Morgan fingerprint density at radius 2 is 1.04 bits per heavy atom. The first-order valence-corrected chi connectivity index (χ1v) is 6.53. The Morgan fingerprint density at radius 1 is 0.696 bits per heavy atom. The van der Waals surface area contributed by atoms with Crippen molar-refractivity contribution in [3.05, 3.63) is 70.3 Å². The maximum Gasteiger partial charge on any atom is 0.388 e. The van der Waals surface area contributed by atoms with Crippen LogP contribution >= 0.6 is 0 Å². The van der Waals surface area contributed by atoms with Gasteiger partial charge >= 0.3 is 12.2 Å². The second kappa shape index (κ2) is 5.88. The van der Waals surface area contributed by atoms with Crippen molar-refractivity contribution in [3.8, 4) is 0 Å². The second-order valence-corrected chi connectivity index (χ2v) is 4.96. The molecule has 0 atom stereocenters. The van der Waals surface area contributed by atoms with Crippen LogP contribution in [-0.4, -0.2) is 0 Å². The van der Waals surface area contributed by atoms with Gasteiger partial charge in [0.05, 0.1) is 11.1 Å². The normalized spacial score (nSPS) is 12.5. The van der Waals surface area contributed by atoms with E-state index in [0.29, 0.717) is 0 Å². The number of hydrogen-bond acceptors (Lipinski definition) is 1. The highest BCUT2D eigenvalue weighted by Gasteiger charge is 2.48. The highest BCUT2D eigenvalue weighted by Crippen LogP contribution is 2.43. The average molecular weight is 334 g/mol. The fraction of sp³-hybridized carbons (Fsp3) is 0.250. The summed E-state index contributed by atoms with van der Waals surface area (Å²) in [6.07, 6.45) is -8.93. The molecule has 0 aliphatic heterocycles. The maximum absolute atomic E-state index is 14.0. The first-order chi connectivity index (χ1) is 10.6. The molecule has 2 rings (SSSR count). The van der Waals surface area contributed by atoms with E-state index in [9.17, 15) is 26.3 Å². The smallest absolute Gasteiger partial charge is 0.247 e. The molecule has 2 aromatic rings. The van der Waals surface area contributed by atoms with Gasteiger partial charge in [-0.25, -0.2) is 13.5 Å². The minimum absolute atomic E-state index is 0.510. The van der Waals surface area contributed by atoms with Crippen molar-refractivity contribution >= 4 is 0 Å².